The molecule has 0 spiro atoms. The molecule has 1 aliphatic heterocycles. The number of amides is 1. The summed E-state index contributed by atoms with van der Waals surface area (Å²) in [6.07, 6.45) is 6.79. The highest BCUT2D eigenvalue weighted by Gasteiger charge is 2.31. The fraction of sp³-hybridized carbons (Fsp3) is 0.345. The largest absolute Gasteiger partial charge is 0.452 e. The number of allylic oxidation sites excluding steroid dienone is 1. The topological polar surface area (TPSA) is 59.5 Å². The van der Waals surface area contributed by atoms with Gasteiger partial charge in [0.2, 0.25) is 0 Å². The summed E-state index contributed by atoms with van der Waals surface area (Å²) in [5, 5.41) is 0.777. The minimum absolute atomic E-state index is 0.118. The number of carbonyl (C=O) groups excluding carboxylic acids is 2. The number of aromatic nitrogens is 1. The molecule has 5 nitrogen and oxygen atoms in total. The van der Waals surface area contributed by atoms with E-state index in [1.165, 1.54) is 0 Å². The summed E-state index contributed by atoms with van der Waals surface area (Å²) in [6.45, 7) is 3.91. The average molecular weight is 455 g/mol. The lowest BCUT2D eigenvalue weighted by Crippen LogP contribution is -2.49. The maximum absolute atomic E-state index is 13.4. The lowest BCUT2D eigenvalue weighted by molar-refractivity contribution is -0.140. The number of para-hydroxylation sites is 1. The molecule has 34 heavy (non-hydrogen) atoms. The average Bonchev–Trinajstić information content (AvgIpc) is 3.23. The molecule has 174 valence electrons. The van der Waals surface area contributed by atoms with Crippen molar-refractivity contribution in [2.75, 3.05) is 6.61 Å². The molecule has 2 unspecified atom stereocenters. The van der Waals surface area contributed by atoms with Crippen molar-refractivity contribution in [3.05, 3.63) is 77.0 Å². The molecule has 3 aromatic rings. The zero-order valence-corrected chi connectivity index (χ0v) is 19.8. The number of benzene rings is 2. The number of nitrogens with zero attached hydrogens (tertiary/aromatic N) is 2. The van der Waals surface area contributed by atoms with E-state index in [0.29, 0.717) is 5.56 Å². The first-order valence-electron chi connectivity index (χ1n) is 12.2. The van der Waals surface area contributed by atoms with Gasteiger partial charge in [-0.15, -0.1) is 0 Å². The molecule has 1 amide bonds. The molecule has 0 radical (unpaired) electrons. The van der Waals surface area contributed by atoms with E-state index in [9.17, 15) is 9.59 Å². The van der Waals surface area contributed by atoms with Gasteiger partial charge in [-0.1, -0.05) is 48.5 Å². The third-order valence-corrected chi connectivity index (χ3v) is 7.09. The van der Waals surface area contributed by atoms with Crippen molar-refractivity contribution in [2.24, 2.45) is 0 Å². The van der Waals surface area contributed by atoms with Crippen molar-refractivity contribution in [3.8, 4) is 0 Å². The van der Waals surface area contributed by atoms with Gasteiger partial charge in [0.1, 0.15) is 0 Å². The number of esters is 1. The van der Waals surface area contributed by atoms with Crippen molar-refractivity contribution in [3.63, 3.8) is 0 Å². The van der Waals surface area contributed by atoms with E-state index in [4.69, 9.17) is 9.72 Å². The molecule has 2 atom stereocenters. The Morgan fingerprint density at radius 2 is 1.71 bits per heavy atom. The van der Waals surface area contributed by atoms with Crippen LogP contribution in [0.2, 0.25) is 0 Å². The van der Waals surface area contributed by atoms with Gasteiger partial charge in [-0.25, -0.2) is 9.78 Å². The first-order chi connectivity index (χ1) is 16.5. The van der Waals surface area contributed by atoms with Gasteiger partial charge in [0.25, 0.3) is 5.91 Å². The number of rotatable bonds is 4. The number of hydrogen-bond donors (Lipinski definition) is 0. The van der Waals surface area contributed by atoms with Crippen LogP contribution in [0.3, 0.4) is 0 Å². The number of hydrogen-bond acceptors (Lipinski definition) is 4. The van der Waals surface area contributed by atoms with Gasteiger partial charge in [-0.05, 0) is 74.8 Å². The maximum Gasteiger partial charge on any atom is 0.339 e. The summed E-state index contributed by atoms with van der Waals surface area (Å²) < 4.78 is 5.65. The number of fused-ring (bicyclic) bond motifs is 2. The quantitative estimate of drug-likeness (QED) is 0.477. The van der Waals surface area contributed by atoms with Crippen LogP contribution in [-0.2, 0) is 16.0 Å². The van der Waals surface area contributed by atoms with Gasteiger partial charge in [0.05, 0.1) is 16.8 Å². The molecule has 1 saturated heterocycles. The highest BCUT2D eigenvalue weighted by Crippen LogP contribution is 2.37. The smallest absolute Gasteiger partial charge is 0.339 e. The van der Waals surface area contributed by atoms with Gasteiger partial charge in [0.15, 0.2) is 6.61 Å². The predicted molar refractivity (Wildman–Crippen MR) is 134 cm³/mol. The predicted octanol–water partition coefficient (Wildman–Crippen LogP) is 5.67. The molecule has 5 rings (SSSR count). The summed E-state index contributed by atoms with van der Waals surface area (Å²) in [4.78, 5) is 33.1. The molecule has 0 saturated carbocycles. The molecule has 1 fully saturated rings. The van der Waals surface area contributed by atoms with E-state index in [1.54, 1.807) is 0 Å². The minimum Gasteiger partial charge on any atom is -0.452 e. The second kappa shape index (κ2) is 9.41. The Morgan fingerprint density at radius 3 is 2.47 bits per heavy atom. The first kappa shape index (κ1) is 22.3. The minimum atomic E-state index is -0.443. The van der Waals surface area contributed by atoms with Crippen LogP contribution in [0, 0.1) is 0 Å². The van der Waals surface area contributed by atoms with Crippen LogP contribution in [0.15, 0.2) is 54.6 Å². The van der Waals surface area contributed by atoms with E-state index in [1.807, 2.05) is 47.4 Å². The van der Waals surface area contributed by atoms with Gasteiger partial charge < -0.3 is 9.64 Å². The Hall–Kier alpha value is -3.47. The SMILES string of the molecule is CC1CCCC(C)N1C(=O)COC(=O)c1c2c(nc3ccccc13)C(=Cc1ccccc1)CC2. The third kappa shape index (κ3) is 4.23. The van der Waals surface area contributed by atoms with E-state index in [0.717, 1.165) is 65.4 Å². The fourth-order valence-corrected chi connectivity index (χ4v) is 5.45. The Bertz CT molecular complexity index is 1260. The number of pyridine rings is 1. The zero-order valence-electron chi connectivity index (χ0n) is 19.8. The second-order valence-corrected chi connectivity index (χ2v) is 9.42. The lowest BCUT2D eigenvalue weighted by Gasteiger charge is -2.38. The van der Waals surface area contributed by atoms with Crippen molar-refractivity contribution >= 4 is 34.4 Å². The van der Waals surface area contributed by atoms with Crippen LogP contribution in [0.5, 0.6) is 0 Å². The Labute approximate surface area is 200 Å². The number of ether oxygens (including phenoxy) is 1. The summed E-state index contributed by atoms with van der Waals surface area (Å²) in [6, 6.07) is 18.2. The molecule has 2 aliphatic rings. The summed E-state index contributed by atoms with van der Waals surface area (Å²) in [5.74, 6) is -0.561. The summed E-state index contributed by atoms with van der Waals surface area (Å²) in [5.41, 5.74) is 5.31. The van der Waals surface area contributed by atoms with E-state index in [2.05, 4.69) is 32.1 Å². The van der Waals surface area contributed by atoms with Gasteiger partial charge in [0, 0.05) is 17.5 Å². The summed E-state index contributed by atoms with van der Waals surface area (Å²) in [7, 11) is 0. The van der Waals surface area contributed by atoms with Crippen molar-refractivity contribution in [1.29, 1.82) is 0 Å². The van der Waals surface area contributed by atoms with E-state index < -0.39 is 5.97 Å². The maximum atomic E-state index is 13.4. The molecule has 0 bridgehead atoms. The standard InChI is InChI=1S/C29H30N2O3/c1-19-9-8-10-20(2)31(19)26(32)18-34-29(33)27-23-13-6-7-14-25(23)30-28-22(15-16-24(27)28)17-21-11-4-3-5-12-21/h3-7,11-14,17,19-20H,8-10,15-16,18H2,1-2H3. The number of piperidine rings is 1. The highest BCUT2D eigenvalue weighted by molar-refractivity contribution is 6.07. The van der Waals surface area contributed by atoms with Crippen LogP contribution in [0.4, 0.5) is 0 Å². The third-order valence-electron chi connectivity index (χ3n) is 7.09. The Kier molecular flexibility index (Phi) is 6.18. The first-order valence-corrected chi connectivity index (χ1v) is 12.2. The van der Waals surface area contributed by atoms with Crippen LogP contribution in [-0.4, -0.2) is 40.5 Å². The van der Waals surface area contributed by atoms with Crippen LogP contribution in [0.1, 0.15) is 66.7 Å². The number of likely N-dealkylation sites (tertiary alicyclic amines) is 1. The molecule has 5 heteroatoms. The van der Waals surface area contributed by atoms with Crippen LogP contribution in [0.25, 0.3) is 22.6 Å². The molecule has 0 N–H and O–H groups in total. The molecule has 2 aromatic carbocycles. The monoisotopic (exact) mass is 454 g/mol. The number of carbonyl (C=O) groups is 2. The summed E-state index contributed by atoms with van der Waals surface area (Å²) >= 11 is 0. The Balaban J connectivity index is 1.46. The van der Waals surface area contributed by atoms with Crippen LogP contribution >= 0.6 is 0 Å². The zero-order chi connectivity index (χ0) is 23.7. The van der Waals surface area contributed by atoms with Crippen molar-refractivity contribution < 1.29 is 14.3 Å². The van der Waals surface area contributed by atoms with Crippen LogP contribution < -0.4 is 0 Å². The van der Waals surface area contributed by atoms with Crippen molar-refractivity contribution in [2.45, 2.75) is 58.0 Å². The highest BCUT2D eigenvalue weighted by atomic mass is 16.5. The van der Waals surface area contributed by atoms with Crippen molar-refractivity contribution in [1.82, 2.24) is 9.88 Å². The molecule has 1 aliphatic carbocycles. The molecular formula is C29H30N2O3. The molecule has 2 heterocycles. The Morgan fingerprint density at radius 1 is 1.00 bits per heavy atom. The fourth-order valence-electron chi connectivity index (χ4n) is 5.45. The van der Waals surface area contributed by atoms with E-state index in [-0.39, 0.29) is 24.6 Å². The molecular weight excluding hydrogens is 424 g/mol. The van der Waals surface area contributed by atoms with Gasteiger partial charge in [-0.3, -0.25) is 4.79 Å². The van der Waals surface area contributed by atoms with Gasteiger partial charge in [-0.2, -0.15) is 0 Å². The lowest BCUT2D eigenvalue weighted by atomic mass is 9.97. The van der Waals surface area contributed by atoms with E-state index >= 15 is 0 Å². The normalized spacial score (nSPS) is 21.0. The molecule has 1 aromatic heterocycles. The second-order valence-electron chi connectivity index (χ2n) is 9.42. The van der Waals surface area contributed by atoms with Gasteiger partial charge >= 0.3 is 5.97 Å².